The molecule has 2 nitrogen and oxygen atoms in total. The van der Waals surface area contributed by atoms with Crippen molar-refractivity contribution in [3.63, 3.8) is 0 Å². The van der Waals surface area contributed by atoms with Crippen molar-refractivity contribution < 1.29 is 73.9 Å². The van der Waals surface area contributed by atoms with Gasteiger partial charge in [-0.25, -0.2) is 0 Å². The maximum atomic E-state index is 12.6. The van der Waals surface area contributed by atoms with Gasteiger partial charge in [-0.05, 0) is 25.7 Å². The van der Waals surface area contributed by atoms with Crippen molar-refractivity contribution in [2.45, 2.75) is 37.9 Å². The van der Waals surface area contributed by atoms with E-state index >= 15 is 0 Å². The van der Waals surface area contributed by atoms with Gasteiger partial charge in [0.15, 0.2) is 0 Å². The van der Waals surface area contributed by atoms with Gasteiger partial charge in [-0.3, -0.25) is 4.79 Å². The summed E-state index contributed by atoms with van der Waals surface area (Å²) in [6.07, 6.45) is 2.44. The molecule has 2 fully saturated rings. The number of methoxy groups -OCH3 is 1. The van der Waals surface area contributed by atoms with E-state index in [-0.39, 0.29) is 69.7 Å². The zero-order valence-corrected chi connectivity index (χ0v) is 13.3. The van der Waals surface area contributed by atoms with Gasteiger partial charge in [-0.1, -0.05) is 17.7 Å². The molecule has 92 valence electrons. The summed E-state index contributed by atoms with van der Waals surface area (Å²) < 4.78 is 42.3. The van der Waals surface area contributed by atoms with Gasteiger partial charge in [-0.15, -0.1) is 0 Å². The standard InChI is InChI=1S/C10H15BF3O2.K/c1-16-9(15)7-2-4-10(5-3-7)6-8(10)11(12,13)14;/h7-8H,2-6H2,1H3;/q-1;+1/t7?,8-,10?;/m1./s1. The molecule has 0 aromatic heterocycles. The molecule has 0 radical (unpaired) electrons. The van der Waals surface area contributed by atoms with E-state index in [1.807, 2.05) is 0 Å². The van der Waals surface area contributed by atoms with Gasteiger partial charge in [0, 0.05) is 0 Å². The number of esters is 1. The van der Waals surface area contributed by atoms with Crippen LogP contribution in [0.2, 0.25) is 5.82 Å². The maximum absolute atomic E-state index is 12.6. The van der Waals surface area contributed by atoms with Crippen LogP contribution < -0.4 is 51.4 Å². The van der Waals surface area contributed by atoms with E-state index in [9.17, 15) is 17.7 Å². The van der Waals surface area contributed by atoms with Gasteiger partial charge in [0.2, 0.25) is 0 Å². The van der Waals surface area contributed by atoms with Crippen LogP contribution in [0.5, 0.6) is 0 Å². The summed E-state index contributed by atoms with van der Waals surface area (Å²) in [5, 5.41) is 0. The Balaban J connectivity index is 0.00000144. The Hall–Kier alpha value is 0.961. The van der Waals surface area contributed by atoms with Crippen LogP contribution in [0.25, 0.3) is 0 Å². The van der Waals surface area contributed by atoms with Crippen LogP contribution >= 0.6 is 0 Å². The monoisotopic (exact) mass is 274 g/mol. The van der Waals surface area contributed by atoms with Crippen molar-refractivity contribution in [2.75, 3.05) is 7.11 Å². The minimum absolute atomic E-state index is 0. The Morgan fingerprint density at radius 3 is 2.18 bits per heavy atom. The molecule has 2 aliphatic rings. The van der Waals surface area contributed by atoms with E-state index in [4.69, 9.17) is 0 Å². The second kappa shape index (κ2) is 5.53. The van der Waals surface area contributed by atoms with Gasteiger partial charge in [0.1, 0.15) is 0 Å². The molecule has 0 aromatic rings. The van der Waals surface area contributed by atoms with Crippen LogP contribution in [0.1, 0.15) is 32.1 Å². The molecule has 0 saturated heterocycles. The molecule has 0 amide bonds. The molecule has 2 aliphatic carbocycles. The topological polar surface area (TPSA) is 26.3 Å². The molecule has 0 N–H and O–H groups in total. The number of carbonyl (C=O) groups excluding carboxylic acids is 1. The SMILES string of the molecule is COC(=O)C1CCC2(CC1)C[C@H]2[B-](F)(F)F.[K+]. The molecular formula is C10H15BF3KO2. The molecule has 7 heteroatoms. The Morgan fingerprint density at radius 2 is 1.82 bits per heavy atom. The molecule has 0 bridgehead atoms. The Kier molecular flexibility index (Phi) is 5.21. The van der Waals surface area contributed by atoms with Gasteiger partial charge >= 0.3 is 64.3 Å². The fourth-order valence-electron chi connectivity index (χ4n) is 3.08. The first-order valence-corrected chi connectivity index (χ1v) is 5.67. The number of ether oxygens (including phenoxy) is 1. The predicted molar refractivity (Wildman–Crippen MR) is 53.9 cm³/mol. The molecule has 0 heterocycles. The van der Waals surface area contributed by atoms with Crippen molar-refractivity contribution in [3.05, 3.63) is 0 Å². The maximum Gasteiger partial charge on any atom is 1.00 e. The van der Waals surface area contributed by atoms with Gasteiger partial charge in [0.05, 0.1) is 13.0 Å². The van der Waals surface area contributed by atoms with E-state index in [0.717, 1.165) is 0 Å². The first-order chi connectivity index (χ1) is 7.39. The van der Waals surface area contributed by atoms with Gasteiger partial charge in [0.25, 0.3) is 0 Å². The Bertz CT molecular complexity index is 300. The average Bonchev–Trinajstić information content (AvgIpc) is 2.92. The fourth-order valence-corrected chi connectivity index (χ4v) is 3.08. The summed E-state index contributed by atoms with van der Waals surface area (Å²) in [5.74, 6) is -1.52. The smallest absolute Gasteiger partial charge is 0.469 e. The van der Waals surface area contributed by atoms with E-state index < -0.39 is 18.2 Å². The number of rotatable bonds is 2. The van der Waals surface area contributed by atoms with Crippen molar-refractivity contribution in [1.82, 2.24) is 0 Å². The molecule has 2 rings (SSSR count). The molecule has 1 spiro atoms. The summed E-state index contributed by atoms with van der Waals surface area (Å²) in [4.78, 5) is 11.2. The van der Waals surface area contributed by atoms with Crippen LogP contribution in [-0.4, -0.2) is 20.1 Å². The number of hydrogen-bond donors (Lipinski definition) is 0. The largest absolute Gasteiger partial charge is 1.00 e. The summed E-state index contributed by atoms with van der Waals surface area (Å²) in [6.45, 7) is -4.69. The third-order valence-electron chi connectivity index (χ3n) is 4.23. The van der Waals surface area contributed by atoms with Crippen LogP contribution in [0.4, 0.5) is 12.9 Å². The zero-order valence-electron chi connectivity index (χ0n) is 10.2. The summed E-state index contributed by atoms with van der Waals surface area (Å²) in [5.41, 5.74) is -0.511. The van der Waals surface area contributed by atoms with Crippen LogP contribution in [0, 0.1) is 11.3 Å². The minimum Gasteiger partial charge on any atom is -0.469 e. The van der Waals surface area contributed by atoms with E-state index in [1.54, 1.807) is 0 Å². The van der Waals surface area contributed by atoms with E-state index in [1.165, 1.54) is 7.11 Å². The van der Waals surface area contributed by atoms with Gasteiger partial charge in [-0.2, -0.15) is 0 Å². The Labute approximate surface area is 142 Å². The molecule has 0 unspecified atom stereocenters. The molecule has 2 saturated carbocycles. The molecule has 0 aliphatic heterocycles. The molecule has 1 atom stereocenters. The second-order valence-electron chi connectivity index (χ2n) is 5.10. The van der Waals surface area contributed by atoms with Crippen LogP contribution in [0.15, 0.2) is 0 Å². The van der Waals surface area contributed by atoms with Crippen LogP contribution in [-0.2, 0) is 9.53 Å². The van der Waals surface area contributed by atoms with Gasteiger partial charge < -0.3 is 17.7 Å². The quantitative estimate of drug-likeness (QED) is 0.522. The van der Waals surface area contributed by atoms with E-state index in [0.29, 0.717) is 25.7 Å². The van der Waals surface area contributed by atoms with Crippen LogP contribution in [0.3, 0.4) is 0 Å². The summed E-state index contributed by atoms with van der Waals surface area (Å²) >= 11 is 0. The number of hydrogen-bond acceptors (Lipinski definition) is 2. The molecule has 17 heavy (non-hydrogen) atoms. The summed E-state index contributed by atoms with van der Waals surface area (Å²) in [7, 11) is 1.32. The number of carbonyl (C=O) groups is 1. The molecular weight excluding hydrogens is 259 g/mol. The van der Waals surface area contributed by atoms with Crippen molar-refractivity contribution in [2.24, 2.45) is 11.3 Å². The normalized spacial score (nSPS) is 36.2. The Morgan fingerprint density at radius 1 is 1.29 bits per heavy atom. The fraction of sp³-hybridized carbons (Fsp3) is 0.900. The zero-order chi connectivity index (χ0) is 12.0. The van der Waals surface area contributed by atoms with Crippen molar-refractivity contribution in [1.29, 1.82) is 0 Å². The third kappa shape index (κ3) is 3.29. The minimum atomic E-state index is -4.69. The van der Waals surface area contributed by atoms with Crippen molar-refractivity contribution in [3.8, 4) is 0 Å². The third-order valence-corrected chi connectivity index (χ3v) is 4.23. The first-order valence-electron chi connectivity index (χ1n) is 5.67. The number of halogens is 3. The molecule has 0 aromatic carbocycles. The van der Waals surface area contributed by atoms with Crippen molar-refractivity contribution >= 4 is 12.9 Å². The predicted octanol–water partition coefficient (Wildman–Crippen LogP) is -0.0387. The second-order valence-corrected chi connectivity index (χ2v) is 5.10. The first kappa shape index (κ1) is 16.0. The average molecular weight is 274 g/mol. The summed E-state index contributed by atoms with van der Waals surface area (Å²) in [6, 6.07) is 0. The van der Waals surface area contributed by atoms with E-state index in [2.05, 4.69) is 4.74 Å².